The number of hydrogen-bond acceptors (Lipinski definition) is 7. The van der Waals surface area contributed by atoms with Crippen LogP contribution < -0.4 is 20.9 Å². The summed E-state index contributed by atoms with van der Waals surface area (Å²) in [6, 6.07) is 4.33. The minimum absolute atomic E-state index is 0.0485. The van der Waals surface area contributed by atoms with E-state index in [1.54, 1.807) is 6.92 Å². The number of rotatable bonds is 7. The van der Waals surface area contributed by atoms with Crippen LogP contribution in [0.5, 0.6) is 0 Å². The van der Waals surface area contributed by atoms with E-state index in [4.69, 9.17) is 10.7 Å². The molecule has 2 aliphatic rings. The van der Waals surface area contributed by atoms with Crippen molar-refractivity contribution in [2.24, 2.45) is 5.41 Å². The molecule has 9 nitrogen and oxygen atoms in total. The molecule has 0 aliphatic carbocycles. The van der Waals surface area contributed by atoms with E-state index in [1.807, 2.05) is 9.47 Å². The van der Waals surface area contributed by atoms with E-state index in [2.05, 4.69) is 53.1 Å². The number of anilines is 3. The number of halogens is 1. The van der Waals surface area contributed by atoms with Crippen molar-refractivity contribution in [2.75, 3.05) is 48.3 Å². The summed E-state index contributed by atoms with van der Waals surface area (Å²) in [6.45, 7) is 13.0. The molecule has 0 radical (unpaired) electrons. The second-order valence-electron chi connectivity index (χ2n) is 10.7. The van der Waals surface area contributed by atoms with Crippen molar-refractivity contribution in [3.8, 4) is 0 Å². The van der Waals surface area contributed by atoms with E-state index >= 15 is 0 Å². The largest absolute Gasteiger partial charge is 0.382 e. The number of aromatic nitrogens is 4. The first-order valence-corrected chi connectivity index (χ1v) is 12.2. The lowest BCUT2D eigenvalue weighted by atomic mass is 9.97. The van der Waals surface area contributed by atoms with Crippen LogP contribution in [0.1, 0.15) is 44.6 Å². The van der Waals surface area contributed by atoms with Gasteiger partial charge in [-0.25, -0.2) is 4.98 Å². The molecule has 0 bridgehead atoms. The van der Waals surface area contributed by atoms with Gasteiger partial charge in [-0.15, -0.1) is 0 Å². The number of carbonyl (C=O) groups is 1. The standard InChI is InChI=1S/C25H33FN8O/c1-15(35)33-7-5-16-11-17(18(13-19(16)33)32-9-10-32)12-20-29-21-22(27)30-24(26)31-23(21)34(20)8-6-28-14-25(2,3)4/h11,13,28H,5-10,12,14H2,1-4H3,(H2,27,30,31). The summed E-state index contributed by atoms with van der Waals surface area (Å²) in [5.74, 6) is 0.884. The van der Waals surface area contributed by atoms with Crippen LogP contribution in [0, 0.1) is 11.5 Å². The molecule has 0 spiro atoms. The maximum Gasteiger partial charge on any atom is 0.312 e. The molecule has 3 N–H and O–H groups in total. The van der Waals surface area contributed by atoms with Gasteiger partial charge in [0, 0.05) is 64.0 Å². The molecule has 35 heavy (non-hydrogen) atoms. The lowest BCUT2D eigenvalue weighted by molar-refractivity contribution is -0.116. The summed E-state index contributed by atoms with van der Waals surface area (Å²) in [7, 11) is 0. The number of imidazole rings is 1. The molecule has 186 valence electrons. The van der Waals surface area contributed by atoms with Gasteiger partial charge in [0.1, 0.15) is 5.82 Å². The van der Waals surface area contributed by atoms with Gasteiger partial charge < -0.3 is 25.4 Å². The molecule has 1 saturated heterocycles. The lowest BCUT2D eigenvalue weighted by Crippen LogP contribution is -2.30. The maximum absolute atomic E-state index is 14.1. The molecule has 3 aromatic rings. The van der Waals surface area contributed by atoms with Crippen LogP contribution in [0.15, 0.2) is 12.1 Å². The van der Waals surface area contributed by atoms with E-state index < -0.39 is 6.08 Å². The quantitative estimate of drug-likeness (QED) is 0.304. The average Bonchev–Trinajstić information content (AvgIpc) is 3.44. The van der Waals surface area contributed by atoms with Crippen LogP contribution in [0.3, 0.4) is 0 Å². The zero-order chi connectivity index (χ0) is 24.9. The van der Waals surface area contributed by atoms with Gasteiger partial charge in [0.15, 0.2) is 17.0 Å². The number of benzene rings is 1. The Balaban J connectivity index is 1.51. The van der Waals surface area contributed by atoms with Gasteiger partial charge >= 0.3 is 6.08 Å². The van der Waals surface area contributed by atoms with E-state index in [9.17, 15) is 9.18 Å². The van der Waals surface area contributed by atoms with Crippen LogP contribution in [0.4, 0.5) is 21.6 Å². The van der Waals surface area contributed by atoms with Gasteiger partial charge in [0.2, 0.25) is 5.91 Å². The molecule has 2 aliphatic heterocycles. The zero-order valence-electron chi connectivity index (χ0n) is 20.9. The van der Waals surface area contributed by atoms with E-state index in [-0.39, 0.29) is 17.1 Å². The Morgan fingerprint density at radius 3 is 2.60 bits per heavy atom. The van der Waals surface area contributed by atoms with E-state index in [0.717, 1.165) is 48.8 Å². The van der Waals surface area contributed by atoms with Gasteiger partial charge in [0.05, 0.1) is 0 Å². The molecular weight excluding hydrogens is 447 g/mol. The summed E-state index contributed by atoms with van der Waals surface area (Å²) in [5.41, 5.74) is 11.4. The molecular formula is C25H33FN8O. The Hall–Kier alpha value is -3.27. The van der Waals surface area contributed by atoms with Crippen molar-refractivity contribution < 1.29 is 9.18 Å². The maximum atomic E-state index is 14.1. The predicted molar refractivity (Wildman–Crippen MR) is 135 cm³/mol. The Bertz CT molecular complexity index is 1290. The smallest absolute Gasteiger partial charge is 0.312 e. The molecule has 1 aromatic carbocycles. The van der Waals surface area contributed by atoms with Crippen molar-refractivity contribution >= 4 is 34.3 Å². The highest BCUT2D eigenvalue weighted by Crippen LogP contribution is 2.38. The third-order valence-corrected chi connectivity index (χ3v) is 6.53. The first-order valence-electron chi connectivity index (χ1n) is 12.2. The van der Waals surface area contributed by atoms with E-state index in [1.165, 1.54) is 5.56 Å². The summed E-state index contributed by atoms with van der Waals surface area (Å²) >= 11 is 0. The molecule has 0 atom stereocenters. The highest BCUT2D eigenvalue weighted by molar-refractivity contribution is 5.95. The predicted octanol–water partition coefficient (Wildman–Crippen LogP) is 2.50. The van der Waals surface area contributed by atoms with Crippen LogP contribution in [-0.2, 0) is 24.2 Å². The summed E-state index contributed by atoms with van der Waals surface area (Å²) in [6.07, 6.45) is 0.534. The monoisotopic (exact) mass is 480 g/mol. The third kappa shape index (κ3) is 4.80. The molecule has 2 aromatic heterocycles. The zero-order valence-corrected chi connectivity index (χ0v) is 20.9. The third-order valence-electron chi connectivity index (χ3n) is 6.53. The molecule has 10 heteroatoms. The minimum atomic E-state index is -0.850. The molecule has 0 unspecified atom stereocenters. The first-order chi connectivity index (χ1) is 16.6. The summed E-state index contributed by atoms with van der Waals surface area (Å²) in [4.78, 5) is 28.7. The minimum Gasteiger partial charge on any atom is -0.382 e. The Kier molecular flexibility index (Phi) is 5.86. The fourth-order valence-corrected chi connectivity index (χ4v) is 4.77. The SMILES string of the molecule is CC(=O)N1CCc2cc(Cc3nc4c(N)nc(F)nc4n3CCNCC(C)(C)C)c(N3CC3)cc21. The van der Waals surface area contributed by atoms with Gasteiger partial charge in [-0.05, 0) is 29.0 Å². The van der Waals surface area contributed by atoms with E-state index in [0.29, 0.717) is 37.2 Å². The molecule has 1 amide bonds. The number of nitrogens with zero attached hydrogens (tertiary/aromatic N) is 6. The highest BCUT2D eigenvalue weighted by atomic mass is 19.1. The lowest BCUT2D eigenvalue weighted by Gasteiger charge is -2.20. The van der Waals surface area contributed by atoms with Gasteiger partial charge in [-0.3, -0.25) is 4.79 Å². The Labute approximate surface area is 204 Å². The highest BCUT2D eigenvalue weighted by Gasteiger charge is 2.29. The second kappa shape index (κ2) is 8.75. The fourth-order valence-electron chi connectivity index (χ4n) is 4.77. The van der Waals surface area contributed by atoms with Crippen molar-refractivity contribution in [1.29, 1.82) is 0 Å². The van der Waals surface area contributed by atoms with Gasteiger partial charge in [0.25, 0.3) is 0 Å². The van der Waals surface area contributed by atoms with Gasteiger partial charge in [-0.1, -0.05) is 26.8 Å². The Morgan fingerprint density at radius 1 is 1.14 bits per heavy atom. The first kappa shape index (κ1) is 23.5. The van der Waals surface area contributed by atoms with Crippen molar-refractivity contribution in [1.82, 2.24) is 24.8 Å². The number of nitrogens with two attached hydrogens (primary N) is 1. The number of nitrogen functional groups attached to an aromatic ring is 1. The van der Waals surface area contributed by atoms with Crippen molar-refractivity contribution in [3.05, 3.63) is 35.2 Å². The van der Waals surface area contributed by atoms with Crippen LogP contribution in [-0.4, -0.2) is 58.1 Å². The topological polar surface area (TPSA) is 105 Å². The van der Waals surface area contributed by atoms with Crippen molar-refractivity contribution in [2.45, 2.75) is 47.1 Å². The number of nitrogens with one attached hydrogen (secondary N) is 1. The van der Waals surface area contributed by atoms with Crippen LogP contribution in [0.2, 0.25) is 0 Å². The van der Waals surface area contributed by atoms with Crippen LogP contribution >= 0.6 is 0 Å². The number of carbonyl (C=O) groups excluding carboxylic acids is 1. The average molecular weight is 481 g/mol. The summed E-state index contributed by atoms with van der Waals surface area (Å²) in [5, 5.41) is 3.47. The number of hydrogen-bond donors (Lipinski definition) is 2. The van der Waals surface area contributed by atoms with Gasteiger partial charge in [-0.2, -0.15) is 14.4 Å². The normalized spacial score (nSPS) is 15.2. The number of fused-ring (bicyclic) bond motifs is 2. The van der Waals surface area contributed by atoms with Crippen LogP contribution in [0.25, 0.3) is 11.2 Å². The Morgan fingerprint density at radius 2 is 1.91 bits per heavy atom. The second-order valence-corrected chi connectivity index (χ2v) is 10.7. The molecule has 4 heterocycles. The molecule has 0 saturated carbocycles. The number of amides is 1. The molecule has 1 fully saturated rings. The summed E-state index contributed by atoms with van der Waals surface area (Å²) < 4.78 is 16.0. The van der Waals surface area contributed by atoms with Crippen molar-refractivity contribution in [3.63, 3.8) is 0 Å². The fraction of sp³-hybridized carbons (Fsp3) is 0.520. The molecule has 5 rings (SSSR count).